The van der Waals surface area contributed by atoms with Gasteiger partial charge in [-0.05, 0) is 44.4 Å². The fraction of sp³-hybridized carbons (Fsp3) is 0.929. The maximum Gasteiger partial charge on any atom is 0.239 e. The maximum absolute atomic E-state index is 12.4. The third-order valence-electron chi connectivity index (χ3n) is 4.36. The Morgan fingerprint density at radius 1 is 1.17 bits per heavy atom. The molecule has 18 heavy (non-hydrogen) atoms. The summed E-state index contributed by atoms with van der Waals surface area (Å²) in [7, 11) is 0. The summed E-state index contributed by atoms with van der Waals surface area (Å²) in [6, 6.07) is 0.730. The zero-order valence-corrected chi connectivity index (χ0v) is 11.1. The van der Waals surface area contributed by atoms with E-state index in [0.717, 1.165) is 52.0 Å². The Bertz CT molecular complexity index is 298. The standard InChI is InChI=1S/C14H24N2O2/c17-14-13(15-12-3-4-12)2-1-7-16(14)10-11-5-8-18-9-6-11/h11-13,15H,1-10H2. The summed E-state index contributed by atoms with van der Waals surface area (Å²) in [6.07, 6.45) is 6.92. The van der Waals surface area contributed by atoms with Gasteiger partial charge in [-0.3, -0.25) is 4.79 Å². The normalized spacial score (nSPS) is 30.8. The number of hydrogen-bond donors (Lipinski definition) is 1. The zero-order valence-electron chi connectivity index (χ0n) is 11.1. The van der Waals surface area contributed by atoms with E-state index in [9.17, 15) is 4.79 Å². The molecule has 3 rings (SSSR count). The largest absolute Gasteiger partial charge is 0.381 e. The van der Waals surface area contributed by atoms with Crippen molar-refractivity contribution < 1.29 is 9.53 Å². The van der Waals surface area contributed by atoms with Gasteiger partial charge in [0.1, 0.15) is 0 Å². The van der Waals surface area contributed by atoms with Crippen molar-refractivity contribution in [1.29, 1.82) is 0 Å². The van der Waals surface area contributed by atoms with Gasteiger partial charge in [-0.15, -0.1) is 0 Å². The molecule has 0 spiro atoms. The molecule has 3 aliphatic rings. The van der Waals surface area contributed by atoms with Crippen molar-refractivity contribution in [2.75, 3.05) is 26.3 Å². The average molecular weight is 252 g/mol. The second-order valence-electron chi connectivity index (χ2n) is 5.98. The maximum atomic E-state index is 12.4. The molecule has 1 aliphatic carbocycles. The monoisotopic (exact) mass is 252 g/mol. The van der Waals surface area contributed by atoms with Gasteiger partial charge >= 0.3 is 0 Å². The van der Waals surface area contributed by atoms with Crippen molar-refractivity contribution in [3.63, 3.8) is 0 Å². The van der Waals surface area contributed by atoms with Crippen LogP contribution in [0.5, 0.6) is 0 Å². The Hall–Kier alpha value is -0.610. The number of carbonyl (C=O) groups excluding carboxylic acids is 1. The van der Waals surface area contributed by atoms with E-state index >= 15 is 0 Å². The molecule has 1 atom stereocenters. The van der Waals surface area contributed by atoms with Gasteiger partial charge in [-0.2, -0.15) is 0 Å². The molecular formula is C14H24N2O2. The lowest BCUT2D eigenvalue weighted by atomic mass is 9.97. The summed E-state index contributed by atoms with van der Waals surface area (Å²) >= 11 is 0. The van der Waals surface area contributed by atoms with Crippen LogP contribution in [0, 0.1) is 5.92 Å². The van der Waals surface area contributed by atoms with Crippen LogP contribution < -0.4 is 5.32 Å². The molecule has 2 aliphatic heterocycles. The molecule has 2 heterocycles. The summed E-state index contributed by atoms with van der Waals surface area (Å²) in [5.41, 5.74) is 0. The van der Waals surface area contributed by atoms with Crippen molar-refractivity contribution in [3.8, 4) is 0 Å². The van der Waals surface area contributed by atoms with Crippen LogP contribution in [0.15, 0.2) is 0 Å². The summed E-state index contributed by atoms with van der Waals surface area (Å²) in [4.78, 5) is 14.5. The number of piperidine rings is 1. The lowest BCUT2D eigenvalue weighted by molar-refractivity contribution is -0.137. The highest BCUT2D eigenvalue weighted by Crippen LogP contribution is 2.24. The van der Waals surface area contributed by atoms with Crippen LogP contribution in [0.1, 0.15) is 38.5 Å². The van der Waals surface area contributed by atoms with Gasteiger partial charge in [-0.25, -0.2) is 0 Å². The van der Waals surface area contributed by atoms with Gasteiger partial charge in [0.15, 0.2) is 0 Å². The van der Waals surface area contributed by atoms with Gasteiger partial charge in [0.05, 0.1) is 6.04 Å². The van der Waals surface area contributed by atoms with Gasteiger partial charge in [0.25, 0.3) is 0 Å². The van der Waals surface area contributed by atoms with E-state index in [0.29, 0.717) is 17.9 Å². The molecule has 0 radical (unpaired) electrons. The van der Waals surface area contributed by atoms with Crippen molar-refractivity contribution in [2.24, 2.45) is 5.92 Å². The van der Waals surface area contributed by atoms with Crippen LogP contribution in [0.25, 0.3) is 0 Å². The zero-order chi connectivity index (χ0) is 12.4. The van der Waals surface area contributed by atoms with E-state index in [1.165, 1.54) is 12.8 Å². The molecule has 4 nitrogen and oxygen atoms in total. The molecule has 0 aromatic heterocycles. The van der Waals surface area contributed by atoms with Crippen molar-refractivity contribution in [1.82, 2.24) is 10.2 Å². The van der Waals surface area contributed by atoms with Crippen molar-refractivity contribution >= 4 is 5.91 Å². The van der Waals surface area contributed by atoms with E-state index in [1.807, 2.05) is 0 Å². The third-order valence-corrected chi connectivity index (χ3v) is 4.36. The number of rotatable bonds is 4. The Balaban J connectivity index is 1.51. The summed E-state index contributed by atoms with van der Waals surface area (Å²) in [6.45, 7) is 3.65. The topological polar surface area (TPSA) is 41.6 Å². The fourth-order valence-electron chi connectivity index (χ4n) is 3.05. The minimum absolute atomic E-state index is 0.103. The first-order valence-electron chi connectivity index (χ1n) is 7.45. The molecule has 1 N–H and O–H groups in total. The number of nitrogens with zero attached hydrogens (tertiary/aromatic N) is 1. The Labute approximate surface area is 109 Å². The van der Waals surface area contributed by atoms with Gasteiger partial charge in [-0.1, -0.05) is 0 Å². The number of ether oxygens (including phenoxy) is 1. The van der Waals surface area contributed by atoms with E-state index in [-0.39, 0.29) is 6.04 Å². The number of hydrogen-bond acceptors (Lipinski definition) is 3. The minimum Gasteiger partial charge on any atom is -0.381 e. The molecule has 1 amide bonds. The average Bonchev–Trinajstić information content (AvgIpc) is 3.20. The highest BCUT2D eigenvalue weighted by molar-refractivity contribution is 5.82. The molecule has 4 heteroatoms. The Kier molecular flexibility index (Phi) is 3.85. The second-order valence-corrected chi connectivity index (χ2v) is 5.98. The van der Waals surface area contributed by atoms with E-state index in [1.54, 1.807) is 0 Å². The van der Waals surface area contributed by atoms with Crippen LogP contribution in [0.2, 0.25) is 0 Å². The first-order valence-corrected chi connectivity index (χ1v) is 7.45. The van der Waals surface area contributed by atoms with Gasteiger partial charge < -0.3 is 15.0 Å². The summed E-state index contributed by atoms with van der Waals surface area (Å²) in [5.74, 6) is 1.00. The fourth-order valence-corrected chi connectivity index (χ4v) is 3.05. The molecule has 0 aromatic carbocycles. The molecular weight excluding hydrogens is 228 g/mol. The lowest BCUT2D eigenvalue weighted by Crippen LogP contribution is -2.52. The number of carbonyl (C=O) groups is 1. The van der Waals surface area contributed by atoms with Crippen LogP contribution in [-0.4, -0.2) is 49.2 Å². The second kappa shape index (κ2) is 5.57. The molecule has 0 bridgehead atoms. The molecule has 1 unspecified atom stereocenters. The van der Waals surface area contributed by atoms with Crippen molar-refractivity contribution in [2.45, 2.75) is 50.6 Å². The third kappa shape index (κ3) is 3.04. The van der Waals surface area contributed by atoms with E-state index in [2.05, 4.69) is 10.2 Å². The van der Waals surface area contributed by atoms with Crippen LogP contribution >= 0.6 is 0 Å². The first kappa shape index (κ1) is 12.4. The quantitative estimate of drug-likeness (QED) is 0.816. The number of nitrogens with one attached hydrogen (secondary N) is 1. The first-order chi connectivity index (χ1) is 8.83. The van der Waals surface area contributed by atoms with Gasteiger partial charge in [0.2, 0.25) is 5.91 Å². The smallest absolute Gasteiger partial charge is 0.239 e. The SMILES string of the molecule is O=C1C(NC2CC2)CCCN1CC1CCOCC1. The summed E-state index contributed by atoms with van der Waals surface area (Å²) in [5, 5.41) is 3.49. The Morgan fingerprint density at radius 3 is 2.67 bits per heavy atom. The van der Waals surface area contributed by atoms with E-state index in [4.69, 9.17) is 4.74 Å². The predicted molar refractivity (Wildman–Crippen MR) is 69.3 cm³/mol. The molecule has 102 valence electrons. The van der Waals surface area contributed by atoms with E-state index < -0.39 is 0 Å². The highest BCUT2D eigenvalue weighted by Gasteiger charge is 2.34. The summed E-state index contributed by atoms with van der Waals surface area (Å²) < 4.78 is 5.38. The molecule has 0 aromatic rings. The highest BCUT2D eigenvalue weighted by atomic mass is 16.5. The number of amides is 1. The number of likely N-dealkylation sites (tertiary alicyclic amines) is 1. The van der Waals surface area contributed by atoms with Crippen LogP contribution in [0.4, 0.5) is 0 Å². The molecule has 2 saturated heterocycles. The molecule has 3 fully saturated rings. The van der Waals surface area contributed by atoms with Crippen molar-refractivity contribution in [3.05, 3.63) is 0 Å². The Morgan fingerprint density at radius 2 is 1.94 bits per heavy atom. The van der Waals surface area contributed by atoms with Crippen LogP contribution in [0.3, 0.4) is 0 Å². The van der Waals surface area contributed by atoms with Crippen LogP contribution in [-0.2, 0) is 9.53 Å². The lowest BCUT2D eigenvalue weighted by Gasteiger charge is -2.36. The van der Waals surface area contributed by atoms with Gasteiger partial charge in [0, 0.05) is 32.3 Å². The minimum atomic E-state index is 0.103. The predicted octanol–water partition coefficient (Wildman–Crippen LogP) is 1.16. The molecule has 1 saturated carbocycles.